The molecule has 1 aromatic carbocycles. The molecule has 0 aliphatic rings. The second-order valence-electron chi connectivity index (χ2n) is 4.55. The number of rotatable bonds is 4. The Morgan fingerprint density at radius 1 is 1.29 bits per heavy atom. The summed E-state index contributed by atoms with van der Waals surface area (Å²) in [5.41, 5.74) is 1.29. The smallest absolute Gasteiger partial charge is 0.269 e. The molecule has 0 atom stereocenters. The fraction of sp³-hybridized carbons (Fsp3) is 0.267. The normalized spacial score (nSPS) is 11.0. The van der Waals surface area contributed by atoms with Gasteiger partial charge in [-0.05, 0) is 42.8 Å². The summed E-state index contributed by atoms with van der Waals surface area (Å²) < 4.78 is 31.6. The number of hydrogen-bond donors (Lipinski definition) is 0. The molecule has 2 aromatic rings. The number of halogens is 3. The van der Waals surface area contributed by atoms with Crippen LogP contribution in [0.1, 0.15) is 5.56 Å². The maximum atomic E-state index is 12.7. The molecule has 0 aliphatic heterocycles. The van der Waals surface area contributed by atoms with Crippen molar-refractivity contribution in [1.29, 1.82) is 0 Å². The van der Waals surface area contributed by atoms with Gasteiger partial charge in [0.1, 0.15) is 10.8 Å². The van der Waals surface area contributed by atoms with Crippen LogP contribution < -0.4 is 10.3 Å². The minimum atomic E-state index is -2.64. The Morgan fingerprint density at radius 3 is 2.57 bits per heavy atom. The maximum Gasteiger partial charge on any atom is 0.269 e. The van der Waals surface area contributed by atoms with Crippen molar-refractivity contribution in [1.82, 2.24) is 4.57 Å². The van der Waals surface area contributed by atoms with Crippen LogP contribution in [0.5, 0.6) is 5.75 Å². The van der Waals surface area contributed by atoms with E-state index in [1.54, 1.807) is 31.4 Å². The third-order valence-electron chi connectivity index (χ3n) is 3.16. The van der Waals surface area contributed by atoms with Gasteiger partial charge in [0.25, 0.3) is 12.0 Å². The average molecular weight is 314 g/mol. The Morgan fingerprint density at radius 2 is 2.00 bits per heavy atom. The van der Waals surface area contributed by atoms with Crippen molar-refractivity contribution in [2.45, 2.75) is 19.9 Å². The molecule has 21 heavy (non-hydrogen) atoms. The van der Waals surface area contributed by atoms with Gasteiger partial charge in [-0.25, -0.2) is 8.78 Å². The number of aromatic nitrogens is 1. The Bertz CT molecular complexity index is 713. The highest BCUT2D eigenvalue weighted by molar-refractivity contribution is 6.30. The lowest BCUT2D eigenvalue weighted by Crippen LogP contribution is -2.25. The minimum absolute atomic E-state index is 0.0782. The summed E-state index contributed by atoms with van der Waals surface area (Å²) in [4.78, 5) is 12.0. The topological polar surface area (TPSA) is 31.2 Å². The van der Waals surface area contributed by atoms with Crippen LogP contribution in [-0.4, -0.2) is 18.1 Å². The van der Waals surface area contributed by atoms with E-state index in [1.165, 1.54) is 6.07 Å². The molecule has 2 rings (SSSR count). The number of alkyl halides is 2. The molecule has 0 radical (unpaired) electrons. The average Bonchev–Trinajstić information content (AvgIpc) is 2.44. The minimum Gasteiger partial charge on any atom is -0.497 e. The van der Waals surface area contributed by atoms with Gasteiger partial charge in [-0.3, -0.25) is 4.79 Å². The van der Waals surface area contributed by atoms with Crippen molar-refractivity contribution in [2.24, 2.45) is 0 Å². The quantitative estimate of drug-likeness (QED) is 0.861. The molecule has 0 unspecified atom stereocenters. The predicted octanol–water partition coefficient (Wildman–Crippen LogP) is 3.75. The lowest BCUT2D eigenvalue weighted by atomic mass is 10.0. The monoisotopic (exact) mass is 313 g/mol. The summed E-state index contributed by atoms with van der Waals surface area (Å²) in [7, 11) is 1.55. The van der Waals surface area contributed by atoms with Crippen LogP contribution in [0.4, 0.5) is 8.78 Å². The van der Waals surface area contributed by atoms with E-state index in [-0.39, 0.29) is 5.02 Å². The van der Waals surface area contributed by atoms with Crippen molar-refractivity contribution >= 4 is 11.6 Å². The standard InChI is InChI=1S/C15H14ClF2NO2/c1-9-7-10(21-2)3-4-11(9)13-6-5-12(16)15(20)19(13)8-14(17)18/h3-7,14H,8H2,1-2H3. The number of methoxy groups -OCH3 is 1. The van der Waals surface area contributed by atoms with Crippen LogP contribution in [0, 0.1) is 6.92 Å². The number of benzene rings is 1. The first-order chi connectivity index (χ1) is 9.93. The zero-order valence-electron chi connectivity index (χ0n) is 11.6. The number of aryl methyl sites for hydroxylation is 1. The molecule has 0 saturated carbocycles. The zero-order valence-corrected chi connectivity index (χ0v) is 12.3. The summed E-state index contributed by atoms with van der Waals surface area (Å²) in [5, 5.41) is -0.0782. The second-order valence-corrected chi connectivity index (χ2v) is 4.96. The molecule has 3 nitrogen and oxygen atoms in total. The van der Waals surface area contributed by atoms with Gasteiger partial charge in [-0.15, -0.1) is 0 Å². The van der Waals surface area contributed by atoms with Crippen molar-refractivity contribution in [3.63, 3.8) is 0 Å². The lowest BCUT2D eigenvalue weighted by Gasteiger charge is -2.15. The lowest BCUT2D eigenvalue weighted by molar-refractivity contribution is 0.126. The van der Waals surface area contributed by atoms with Gasteiger partial charge in [0.05, 0.1) is 19.3 Å². The fourth-order valence-corrected chi connectivity index (χ4v) is 2.32. The third-order valence-corrected chi connectivity index (χ3v) is 3.45. The summed E-state index contributed by atoms with van der Waals surface area (Å²) in [6.45, 7) is 1.13. The Kier molecular flexibility index (Phi) is 4.63. The van der Waals surface area contributed by atoms with Crippen molar-refractivity contribution in [3.8, 4) is 17.0 Å². The fourth-order valence-electron chi connectivity index (χ4n) is 2.16. The molecular weight excluding hydrogens is 300 g/mol. The number of hydrogen-bond acceptors (Lipinski definition) is 2. The Balaban J connectivity index is 2.63. The van der Waals surface area contributed by atoms with Crippen molar-refractivity contribution < 1.29 is 13.5 Å². The SMILES string of the molecule is COc1ccc(-c2ccc(Cl)c(=O)n2CC(F)F)c(C)c1. The van der Waals surface area contributed by atoms with Gasteiger partial charge >= 0.3 is 0 Å². The first-order valence-corrected chi connectivity index (χ1v) is 6.64. The number of ether oxygens (including phenoxy) is 1. The van der Waals surface area contributed by atoms with Crippen LogP contribution in [0.15, 0.2) is 35.1 Å². The van der Waals surface area contributed by atoms with Crippen molar-refractivity contribution in [3.05, 3.63) is 51.3 Å². The highest BCUT2D eigenvalue weighted by Crippen LogP contribution is 2.27. The van der Waals surface area contributed by atoms with Crippen LogP contribution in [0.25, 0.3) is 11.3 Å². The first kappa shape index (κ1) is 15.5. The summed E-state index contributed by atoms with van der Waals surface area (Å²) in [6.07, 6.45) is -2.64. The summed E-state index contributed by atoms with van der Waals surface area (Å²) >= 11 is 5.75. The molecule has 0 aliphatic carbocycles. The van der Waals surface area contributed by atoms with Crippen molar-refractivity contribution in [2.75, 3.05) is 7.11 Å². The highest BCUT2D eigenvalue weighted by Gasteiger charge is 2.15. The predicted molar refractivity (Wildman–Crippen MR) is 78.4 cm³/mol. The Labute approximate surface area is 125 Å². The molecule has 1 aromatic heterocycles. The van der Waals surface area contributed by atoms with Gasteiger partial charge in [0.2, 0.25) is 0 Å². The van der Waals surface area contributed by atoms with E-state index in [0.29, 0.717) is 17.0 Å². The van der Waals surface area contributed by atoms with E-state index in [2.05, 4.69) is 0 Å². The van der Waals surface area contributed by atoms with Crippen LogP contribution >= 0.6 is 11.6 Å². The molecule has 0 spiro atoms. The number of nitrogens with zero attached hydrogens (tertiary/aromatic N) is 1. The van der Waals surface area contributed by atoms with Crippen LogP contribution in [0.3, 0.4) is 0 Å². The summed E-state index contributed by atoms with van der Waals surface area (Å²) in [6, 6.07) is 8.22. The third kappa shape index (κ3) is 3.24. The van der Waals surface area contributed by atoms with Gasteiger partial charge in [-0.2, -0.15) is 0 Å². The molecule has 0 saturated heterocycles. The first-order valence-electron chi connectivity index (χ1n) is 6.26. The zero-order chi connectivity index (χ0) is 15.6. The molecule has 6 heteroatoms. The van der Waals surface area contributed by atoms with Gasteiger partial charge in [-0.1, -0.05) is 11.6 Å². The summed E-state index contributed by atoms with van der Waals surface area (Å²) in [5.74, 6) is 0.660. The molecular formula is C15H14ClF2NO2. The number of pyridine rings is 1. The van der Waals surface area contributed by atoms with Gasteiger partial charge in [0.15, 0.2) is 0 Å². The van der Waals surface area contributed by atoms with E-state index in [0.717, 1.165) is 10.1 Å². The van der Waals surface area contributed by atoms with Gasteiger partial charge in [0, 0.05) is 5.56 Å². The van der Waals surface area contributed by atoms with E-state index in [1.807, 2.05) is 6.92 Å². The highest BCUT2D eigenvalue weighted by atomic mass is 35.5. The molecule has 0 amide bonds. The molecule has 1 heterocycles. The Hall–Kier alpha value is -1.88. The van der Waals surface area contributed by atoms with Crippen LogP contribution in [-0.2, 0) is 6.54 Å². The largest absolute Gasteiger partial charge is 0.497 e. The maximum absolute atomic E-state index is 12.7. The van der Waals surface area contributed by atoms with E-state index < -0.39 is 18.5 Å². The molecule has 0 bridgehead atoms. The van der Waals surface area contributed by atoms with E-state index in [4.69, 9.17) is 16.3 Å². The molecule has 0 N–H and O–H groups in total. The molecule has 0 fully saturated rings. The van der Waals surface area contributed by atoms with E-state index >= 15 is 0 Å². The molecule has 112 valence electrons. The van der Waals surface area contributed by atoms with Crippen LogP contribution in [0.2, 0.25) is 5.02 Å². The second kappa shape index (κ2) is 6.26. The van der Waals surface area contributed by atoms with E-state index in [9.17, 15) is 13.6 Å². The van der Waals surface area contributed by atoms with Gasteiger partial charge < -0.3 is 9.30 Å².